The molecule has 2 unspecified atom stereocenters. The van der Waals surface area contributed by atoms with Crippen molar-refractivity contribution >= 4 is 5.91 Å². The van der Waals surface area contributed by atoms with Gasteiger partial charge in [-0.05, 0) is 44.2 Å². The Balaban J connectivity index is 1.86. The van der Waals surface area contributed by atoms with Crippen LogP contribution in [0.1, 0.15) is 34.3 Å². The van der Waals surface area contributed by atoms with E-state index in [0.29, 0.717) is 12.0 Å². The van der Waals surface area contributed by atoms with Gasteiger partial charge >= 0.3 is 0 Å². The molecule has 0 spiro atoms. The Morgan fingerprint density at radius 1 is 1.32 bits per heavy atom. The molecule has 1 aromatic carbocycles. The number of hydrogen-bond donors (Lipinski definition) is 1. The molecule has 102 valence electrons. The summed E-state index contributed by atoms with van der Waals surface area (Å²) < 4.78 is 0. The van der Waals surface area contributed by atoms with E-state index >= 15 is 0 Å². The highest BCUT2D eigenvalue weighted by Crippen LogP contribution is 2.28. The first-order valence-corrected chi connectivity index (χ1v) is 7.26. The highest BCUT2D eigenvalue weighted by atomic mass is 16.2. The molecule has 2 aliphatic rings. The van der Waals surface area contributed by atoms with Crippen molar-refractivity contribution in [2.75, 3.05) is 19.6 Å². The number of benzene rings is 1. The fraction of sp³-hybridized carbons (Fsp3) is 0.562. The van der Waals surface area contributed by atoms with Crippen LogP contribution in [0.5, 0.6) is 0 Å². The molecule has 0 aromatic heterocycles. The van der Waals surface area contributed by atoms with Gasteiger partial charge in [-0.15, -0.1) is 0 Å². The predicted octanol–water partition coefficient (Wildman–Crippen LogP) is 2.13. The monoisotopic (exact) mass is 258 g/mol. The molecular weight excluding hydrogens is 236 g/mol. The first kappa shape index (κ1) is 12.7. The van der Waals surface area contributed by atoms with Crippen LogP contribution in [0.4, 0.5) is 0 Å². The second kappa shape index (κ2) is 4.97. The van der Waals surface area contributed by atoms with E-state index in [-0.39, 0.29) is 5.91 Å². The number of rotatable bonds is 1. The first-order chi connectivity index (χ1) is 9.16. The molecule has 0 saturated carbocycles. The number of carbonyl (C=O) groups excluding carboxylic acids is 1. The normalized spacial score (nSPS) is 26.3. The van der Waals surface area contributed by atoms with Gasteiger partial charge in [-0.1, -0.05) is 17.7 Å². The highest BCUT2D eigenvalue weighted by molar-refractivity contribution is 5.96. The first-order valence-electron chi connectivity index (χ1n) is 7.26. The van der Waals surface area contributed by atoms with Crippen molar-refractivity contribution in [1.29, 1.82) is 0 Å². The van der Waals surface area contributed by atoms with Gasteiger partial charge in [0.1, 0.15) is 0 Å². The van der Waals surface area contributed by atoms with Gasteiger partial charge in [0.05, 0.1) is 0 Å². The molecule has 2 fully saturated rings. The number of hydrogen-bond acceptors (Lipinski definition) is 2. The summed E-state index contributed by atoms with van der Waals surface area (Å²) >= 11 is 0. The lowest BCUT2D eigenvalue weighted by Gasteiger charge is -2.37. The third kappa shape index (κ3) is 2.27. The van der Waals surface area contributed by atoms with Gasteiger partial charge < -0.3 is 10.2 Å². The molecule has 2 atom stereocenters. The Bertz CT molecular complexity index is 498. The molecule has 0 bridgehead atoms. The van der Waals surface area contributed by atoms with Crippen LogP contribution in [-0.4, -0.2) is 36.5 Å². The van der Waals surface area contributed by atoms with E-state index in [2.05, 4.69) is 23.2 Å². The lowest BCUT2D eigenvalue weighted by molar-refractivity contribution is 0.0574. The van der Waals surface area contributed by atoms with E-state index in [1.165, 1.54) is 12.0 Å². The second-order valence-corrected chi connectivity index (χ2v) is 5.94. The van der Waals surface area contributed by atoms with Crippen molar-refractivity contribution in [1.82, 2.24) is 10.2 Å². The van der Waals surface area contributed by atoms with E-state index < -0.39 is 0 Å². The number of likely N-dealkylation sites (tertiary alicyclic amines) is 1. The van der Waals surface area contributed by atoms with Crippen LogP contribution in [0.25, 0.3) is 0 Å². The molecule has 3 rings (SSSR count). The standard InChI is InChI=1S/C16H22N2O/c1-11-5-6-14(12(2)8-11)16(19)18-7-3-4-13-9-17-10-15(13)18/h5-6,8,13,15,17H,3-4,7,9-10H2,1-2H3. The third-order valence-electron chi connectivity index (χ3n) is 4.55. The van der Waals surface area contributed by atoms with Crippen molar-refractivity contribution < 1.29 is 4.79 Å². The molecule has 1 amide bonds. The number of piperidine rings is 1. The summed E-state index contributed by atoms with van der Waals surface area (Å²) in [6, 6.07) is 6.52. The maximum atomic E-state index is 12.8. The summed E-state index contributed by atoms with van der Waals surface area (Å²) in [5.41, 5.74) is 3.18. The molecule has 2 heterocycles. The Hall–Kier alpha value is -1.35. The molecule has 3 nitrogen and oxygen atoms in total. The van der Waals surface area contributed by atoms with Gasteiger partial charge in [0, 0.05) is 31.2 Å². The molecule has 0 aliphatic carbocycles. The Kier molecular flexibility index (Phi) is 3.31. The molecule has 2 saturated heterocycles. The summed E-state index contributed by atoms with van der Waals surface area (Å²) in [4.78, 5) is 14.9. The minimum atomic E-state index is 0.218. The predicted molar refractivity (Wildman–Crippen MR) is 76.3 cm³/mol. The van der Waals surface area contributed by atoms with Crippen LogP contribution in [0, 0.1) is 19.8 Å². The Morgan fingerprint density at radius 3 is 2.95 bits per heavy atom. The van der Waals surface area contributed by atoms with Crippen molar-refractivity contribution in [3.8, 4) is 0 Å². The van der Waals surface area contributed by atoms with Gasteiger partial charge in [0.2, 0.25) is 0 Å². The van der Waals surface area contributed by atoms with Gasteiger partial charge in [0.15, 0.2) is 0 Å². The van der Waals surface area contributed by atoms with Crippen LogP contribution in [-0.2, 0) is 0 Å². The third-order valence-corrected chi connectivity index (χ3v) is 4.55. The minimum Gasteiger partial charge on any atom is -0.334 e. The van der Waals surface area contributed by atoms with Gasteiger partial charge in [-0.25, -0.2) is 0 Å². The van der Waals surface area contributed by atoms with E-state index in [0.717, 1.165) is 37.2 Å². The van der Waals surface area contributed by atoms with E-state index in [1.807, 2.05) is 19.1 Å². The van der Waals surface area contributed by atoms with Gasteiger partial charge in [0.25, 0.3) is 5.91 Å². The zero-order chi connectivity index (χ0) is 13.4. The number of aryl methyl sites for hydroxylation is 2. The van der Waals surface area contributed by atoms with Crippen molar-refractivity contribution in [3.05, 3.63) is 34.9 Å². The smallest absolute Gasteiger partial charge is 0.254 e. The summed E-state index contributed by atoms with van der Waals surface area (Å²) in [6.07, 6.45) is 2.40. The van der Waals surface area contributed by atoms with Crippen LogP contribution < -0.4 is 5.32 Å². The van der Waals surface area contributed by atoms with Crippen molar-refractivity contribution in [3.63, 3.8) is 0 Å². The number of nitrogens with one attached hydrogen (secondary N) is 1. The van der Waals surface area contributed by atoms with Crippen molar-refractivity contribution in [2.24, 2.45) is 5.92 Å². The molecule has 19 heavy (non-hydrogen) atoms. The topological polar surface area (TPSA) is 32.3 Å². The van der Waals surface area contributed by atoms with Gasteiger partial charge in [-0.3, -0.25) is 4.79 Å². The number of nitrogens with zero attached hydrogens (tertiary/aromatic N) is 1. The number of carbonyl (C=O) groups is 1. The summed E-state index contributed by atoms with van der Waals surface area (Å²) in [6.45, 7) is 7.05. The number of amides is 1. The van der Waals surface area contributed by atoms with Crippen LogP contribution in [0.15, 0.2) is 18.2 Å². The molecule has 0 radical (unpaired) electrons. The van der Waals surface area contributed by atoms with E-state index in [1.54, 1.807) is 0 Å². The summed E-state index contributed by atoms with van der Waals surface area (Å²) in [7, 11) is 0. The fourth-order valence-electron chi connectivity index (χ4n) is 3.53. The molecule has 1 aromatic rings. The van der Waals surface area contributed by atoms with Crippen LogP contribution >= 0.6 is 0 Å². The molecule has 1 N–H and O–H groups in total. The maximum Gasteiger partial charge on any atom is 0.254 e. The van der Waals surface area contributed by atoms with E-state index in [9.17, 15) is 4.79 Å². The Labute approximate surface area is 115 Å². The average Bonchev–Trinajstić information content (AvgIpc) is 2.86. The average molecular weight is 258 g/mol. The van der Waals surface area contributed by atoms with Crippen LogP contribution in [0.2, 0.25) is 0 Å². The number of fused-ring (bicyclic) bond motifs is 1. The molecular formula is C16H22N2O. The highest BCUT2D eigenvalue weighted by Gasteiger charge is 2.37. The van der Waals surface area contributed by atoms with Gasteiger partial charge in [-0.2, -0.15) is 0 Å². The minimum absolute atomic E-state index is 0.218. The fourth-order valence-corrected chi connectivity index (χ4v) is 3.53. The lowest BCUT2D eigenvalue weighted by atomic mass is 9.91. The quantitative estimate of drug-likeness (QED) is 0.837. The lowest BCUT2D eigenvalue weighted by Crippen LogP contribution is -2.48. The van der Waals surface area contributed by atoms with Crippen LogP contribution in [0.3, 0.4) is 0 Å². The maximum absolute atomic E-state index is 12.8. The Morgan fingerprint density at radius 2 is 2.16 bits per heavy atom. The summed E-state index contributed by atoms with van der Waals surface area (Å²) in [5.74, 6) is 0.874. The zero-order valence-electron chi connectivity index (χ0n) is 11.8. The largest absolute Gasteiger partial charge is 0.334 e. The van der Waals surface area contributed by atoms with E-state index in [4.69, 9.17) is 0 Å². The molecule has 2 aliphatic heterocycles. The molecule has 3 heteroatoms. The SMILES string of the molecule is Cc1ccc(C(=O)N2CCCC3CNCC32)c(C)c1. The summed E-state index contributed by atoms with van der Waals surface area (Å²) in [5, 5.41) is 3.43. The zero-order valence-corrected chi connectivity index (χ0v) is 11.8. The van der Waals surface area contributed by atoms with Crippen molar-refractivity contribution in [2.45, 2.75) is 32.7 Å². The second-order valence-electron chi connectivity index (χ2n) is 5.94.